The number of rotatable bonds is 3. The fourth-order valence-corrected chi connectivity index (χ4v) is 3.04. The van der Waals surface area contributed by atoms with Crippen LogP contribution in [0.25, 0.3) is 11.0 Å². The number of methoxy groups -OCH3 is 1. The summed E-state index contributed by atoms with van der Waals surface area (Å²) in [5.41, 5.74) is 2.69. The Balaban J connectivity index is 2.29. The smallest absolute Gasteiger partial charge is 0.329 e. The van der Waals surface area contributed by atoms with Crippen molar-refractivity contribution in [2.24, 2.45) is 7.05 Å². The van der Waals surface area contributed by atoms with Gasteiger partial charge in [0.2, 0.25) is 0 Å². The van der Waals surface area contributed by atoms with E-state index < -0.39 is 0 Å². The maximum absolute atomic E-state index is 12.5. The number of fused-ring (bicyclic) bond motifs is 1. The molecule has 0 fully saturated rings. The summed E-state index contributed by atoms with van der Waals surface area (Å²) in [7, 11) is 3.39. The third-order valence-electron chi connectivity index (χ3n) is 3.60. The molecule has 2 aromatic carbocycles. The standard InChI is InChI=1S/C16H15BrN2O2/c1-18-13-9-8-12(17)15(21-2)14(13)19(16(18)20)10-11-6-4-3-5-7-11/h3-9H,10H2,1-2H3. The van der Waals surface area contributed by atoms with Crippen LogP contribution in [-0.4, -0.2) is 16.2 Å². The molecule has 21 heavy (non-hydrogen) atoms. The van der Waals surface area contributed by atoms with E-state index in [1.165, 1.54) is 0 Å². The second kappa shape index (κ2) is 5.41. The van der Waals surface area contributed by atoms with Gasteiger partial charge in [-0.1, -0.05) is 30.3 Å². The Morgan fingerprint density at radius 3 is 2.52 bits per heavy atom. The summed E-state index contributed by atoms with van der Waals surface area (Å²) < 4.78 is 9.71. The molecule has 0 bridgehead atoms. The molecule has 108 valence electrons. The van der Waals surface area contributed by atoms with Crippen LogP contribution in [0, 0.1) is 0 Å². The zero-order valence-corrected chi connectivity index (χ0v) is 13.4. The molecule has 1 heterocycles. The van der Waals surface area contributed by atoms with Gasteiger partial charge in [-0.05, 0) is 33.6 Å². The summed E-state index contributed by atoms with van der Waals surface area (Å²) in [5.74, 6) is 0.682. The van der Waals surface area contributed by atoms with E-state index in [-0.39, 0.29) is 5.69 Å². The summed E-state index contributed by atoms with van der Waals surface area (Å²) in [4.78, 5) is 12.5. The van der Waals surface area contributed by atoms with Crippen LogP contribution in [0.1, 0.15) is 5.56 Å². The number of aryl methyl sites for hydroxylation is 1. The normalized spacial score (nSPS) is 11.0. The number of hydrogen-bond acceptors (Lipinski definition) is 2. The van der Waals surface area contributed by atoms with E-state index >= 15 is 0 Å². The number of imidazole rings is 1. The van der Waals surface area contributed by atoms with Gasteiger partial charge in [0.1, 0.15) is 5.52 Å². The van der Waals surface area contributed by atoms with Gasteiger partial charge in [-0.3, -0.25) is 9.13 Å². The minimum atomic E-state index is -0.0507. The van der Waals surface area contributed by atoms with Crippen LogP contribution >= 0.6 is 15.9 Å². The first-order chi connectivity index (χ1) is 10.1. The highest BCUT2D eigenvalue weighted by Crippen LogP contribution is 2.33. The maximum atomic E-state index is 12.5. The van der Waals surface area contributed by atoms with E-state index in [1.54, 1.807) is 23.3 Å². The molecule has 0 saturated heterocycles. The molecule has 0 spiro atoms. The zero-order valence-electron chi connectivity index (χ0n) is 11.8. The molecular weight excluding hydrogens is 332 g/mol. The van der Waals surface area contributed by atoms with Crippen LogP contribution in [0.3, 0.4) is 0 Å². The van der Waals surface area contributed by atoms with Crippen LogP contribution in [-0.2, 0) is 13.6 Å². The van der Waals surface area contributed by atoms with Crippen LogP contribution in [0.2, 0.25) is 0 Å². The lowest BCUT2D eigenvalue weighted by atomic mass is 10.2. The van der Waals surface area contributed by atoms with Crippen molar-refractivity contribution in [1.82, 2.24) is 9.13 Å². The van der Waals surface area contributed by atoms with Crippen LogP contribution in [0.4, 0.5) is 0 Å². The van der Waals surface area contributed by atoms with Crippen LogP contribution in [0.5, 0.6) is 5.75 Å². The highest BCUT2D eigenvalue weighted by Gasteiger charge is 2.17. The SMILES string of the molecule is COc1c(Br)ccc2c1n(Cc1ccccc1)c(=O)n2C. The molecule has 0 aliphatic carbocycles. The Labute approximate surface area is 130 Å². The summed E-state index contributed by atoms with van der Waals surface area (Å²) in [5, 5.41) is 0. The Morgan fingerprint density at radius 2 is 1.86 bits per heavy atom. The summed E-state index contributed by atoms with van der Waals surface area (Å²) in [6.45, 7) is 0.518. The predicted molar refractivity (Wildman–Crippen MR) is 87.0 cm³/mol. The maximum Gasteiger partial charge on any atom is 0.329 e. The molecule has 0 aliphatic heterocycles. The molecule has 0 atom stereocenters. The summed E-state index contributed by atoms with van der Waals surface area (Å²) in [6, 6.07) is 13.7. The van der Waals surface area contributed by atoms with Crippen molar-refractivity contribution in [1.29, 1.82) is 0 Å². The van der Waals surface area contributed by atoms with Crippen molar-refractivity contribution in [3.63, 3.8) is 0 Å². The van der Waals surface area contributed by atoms with Gasteiger partial charge in [0, 0.05) is 7.05 Å². The van der Waals surface area contributed by atoms with Crippen molar-refractivity contribution in [3.8, 4) is 5.75 Å². The Morgan fingerprint density at radius 1 is 1.14 bits per heavy atom. The van der Waals surface area contributed by atoms with E-state index in [2.05, 4.69) is 15.9 Å². The van der Waals surface area contributed by atoms with Gasteiger partial charge in [-0.15, -0.1) is 0 Å². The van der Waals surface area contributed by atoms with Crippen molar-refractivity contribution < 1.29 is 4.74 Å². The Kier molecular flexibility index (Phi) is 3.59. The molecule has 4 nitrogen and oxygen atoms in total. The lowest BCUT2D eigenvalue weighted by Crippen LogP contribution is -2.22. The number of benzene rings is 2. The van der Waals surface area contributed by atoms with Gasteiger partial charge < -0.3 is 4.74 Å². The Bertz CT molecular complexity index is 850. The average Bonchev–Trinajstić information content (AvgIpc) is 2.73. The van der Waals surface area contributed by atoms with E-state index in [9.17, 15) is 4.79 Å². The van der Waals surface area contributed by atoms with Crippen molar-refractivity contribution >= 4 is 27.0 Å². The molecule has 0 radical (unpaired) electrons. The number of hydrogen-bond donors (Lipinski definition) is 0. The fraction of sp³-hybridized carbons (Fsp3) is 0.188. The third kappa shape index (κ3) is 2.27. The molecule has 5 heteroatoms. The third-order valence-corrected chi connectivity index (χ3v) is 4.22. The van der Waals surface area contributed by atoms with Gasteiger partial charge in [0.05, 0.1) is 23.6 Å². The van der Waals surface area contributed by atoms with Crippen molar-refractivity contribution in [3.05, 3.63) is 63.0 Å². The number of ether oxygens (including phenoxy) is 1. The van der Waals surface area contributed by atoms with Gasteiger partial charge in [0.25, 0.3) is 0 Å². The second-order valence-electron chi connectivity index (χ2n) is 4.86. The van der Waals surface area contributed by atoms with E-state index in [4.69, 9.17) is 4.74 Å². The minimum Gasteiger partial charge on any atom is -0.493 e. The van der Waals surface area contributed by atoms with Crippen LogP contribution in [0.15, 0.2) is 51.7 Å². The van der Waals surface area contributed by atoms with E-state index in [0.717, 1.165) is 21.1 Å². The highest BCUT2D eigenvalue weighted by atomic mass is 79.9. The Hall–Kier alpha value is -2.01. The van der Waals surface area contributed by atoms with Gasteiger partial charge >= 0.3 is 5.69 Å². The topological polar surface area (TPSA) is 36.2 Å². The lowest BCUT2D eigenvalue weighted by Gasteiger charge is -2.09. The summed E-state index contributed by atoms with van der Waals surface area (Å²) in [6.07, 6.45) is 0. The van der Waals surface area contributed by atoms with E-state index in [1.807, 2.05) is 42.5 Å². The molecule has 0 N–H and O–H groups in total. The molecule has 3 rings (SSSR count). The fourth-order valence-electron chi connectivity index (χ4n) is 2.55. The first kappa shape index (κ1) is 13.9. The molecule has 0 amide bonds. The first-order valence-corrected chi connectivity index (χ1v) is 7.38. The monoisotopic (exact) mass is 346 g/mol. The molecule has 3 aromatic rings. The molecule has 0 aliphatic rings. The van der Waals surface area contributed by atoms with Crippen molar-refractivity contribution in [2.75, 3.05) is 7.11 Å². The molecule has 1 aromatic heterocycles. The number of aromatic nitrogens is 2. The highest BCUT2D eigenvalue weighted by molar-refractivity contribution is 9.10. The van der Waals surface area contributed by atoms with Crippen LogP contribution < -0.4 is 10.4 Å². The van der Waals surface area contributed by atoms with Gasteiger partial charge in [-0.2, -0.15) is 0 Å². The lowest BCUT2D eigenvalue weighted by molar-refractivity contribution is 0.415. The second-order valence-corrected chi connectivity index (χ2v) is 5.72. The van der Waals surface area contributed by atoms with E-state index in [0.29, 0.717) is 12.3 Å². The van der Waals surface area contributed by atoms with Gasteiger partial charge in [0.15, 0.2) is 5.75 Å². The molecular formula is C16H15BrN2O2. The predicted octanol–water partition coefficient (Wildman–Crippen LogP) is 3.16. The average molecular weight is 347 g/mol. The van der Waals surface area contributed by atoms with Gasteiger partial charge in [-0.25, -0.2) is 4.79 Å². The first-order valence-electron chi connectivity index (χ1n) is 6.59. The summed E-state index contributed by atoms with van der Waals surface area (Å²) >= 11 is 3.48. The van der Waals surface area contributed by atoms with Crippen molar-refractivity contribution in [2.45, 2.75) is 6.54 Å². The molecule has 0 unspecified atom stereocenters. The zero-order chi connectivity index (χ0) is 15.0. The largest absolute Gasteiger partial charge is 0.493 e. The number of halogens is 1. The minimum absolute atomic E-state index is 0.0507. The molecule has 0 saturated carbocycles. The number of nitrogens with zero attached hydrogens (tertiary/aromatic N) is 2. The quantitative estimate of drug-likeness (QED) is 0.730.